The molecule has 8 nitrogen and oxygen atoms in total. The summed E-state index contributed by atoms with van der Waals surface area (Å²) in [6.07, 6.45) is 0. The number of hydrogen-bond acceptors (Lipinski definition) is 5. The van der Waals surface area contributed by atoms with Gasteiger partial charge in [-0.05, 0) is 24.6 Å². The average molecular weight is 323 g/mol. The third-order valence-corrected chi connectivity index (χ3v) is 3.43. The molecular formula is C16H13N5O3. The Balaban J connectivity index is 2.01. The molecule has 3 rings (SSSR count). The molecule has 120 valence electrons. The summed E-state index contributed by atoms with van der Waals surface area (Å²) in [6, 6.07) is 15.1. The van der Waals surface area contributed by atoms with E-state index in [-0.39, 0.29) is 5.69 Å². The first-order valence-electron chi connectivity index (χ1n) is 7.09. The quantitative estimate of drug-likeness (QED) is 0.452. The van der Waals surface area contributed by atoms with Crippen LogP contribution in [0, 0.1) is 10.1 Å². The van der Waals surface area contributed by atoms with Gasteiger partial charge in [0, 0.05) is 17.7 Å². The van der Waals surface area contributed by atoms with Crippen molar-refractivity contribution in [2.24, 2.45) is 5.10 Å². The molecule has 0 fully saturated rings. The minimum absolute atomic E-state index is 0.00278. The minimum Gasteiger partial charge on any atom is -0.258 e. The Kier molecular flexibility index (Phi) is 4.02. The fourth-order valence-electron chi connectivity index (χ4n) is 2.19. The predicted molar refractivity (Wildman–Crippen MR) is 89.0 cm³/mol. The van der Waals surface area contributed by atoms with Gasteiger partial charge in [0.25, 0.3) is 5.69 Å². The Labute approximate surface area is 136 Å². The molecule has 24 heavy (non-hydrogen) atoms. The van der Waals surface area contributed by atoms with E-state index in [9.17, 15) is 14.9 Å². The average Bonchev–Trinajstić information content (AvgIpc) is 2.96. The van der Waals surface area contributed by atoms with Gasteiger partial charge in [-0.15, -0.1) is 0 Å². The van der Waals surface area contributed by atoms with Gasteiger partial charge in [0.1, 0.15) is 0 Å². The lowest BCUT2D eigenvalue weighted by Crippen LogP contribution is -2.15. The second-order valence-corrected chi connectivity index (χ2v) is 5.02. The van der Waals surface area contributed by atoms with Gasteiger partial charge >= 0.3 is 5.69 Å². The molecule has 1 heterocycles. The zero-order valence-corrected chi connectivity index (χ0v) is 12.7. The van der Waals surface area contributed by atoms with Crippen LogP contribution in [0.3, 0.4) is 0 Å². The zero-order valence-electron chi connectivity index (χ0n) is 12.7. The SMILES string of the molecule is C/C(=N\n1c(-c2ccccc2)n[nH]c1=O)c1ccc([N+](=O)[O-])cc1. The lowest BCUT2D eigenvalue weighted by Gasteiger charge is -2.03. The van der Waals surface area contributed by atoms with Gasteiger partial charge in [-0.25, -0.2) is 9.89 Å². The Bertz CT molecular complexity index is 955. The van der Waals surface area contributed by atoms with Gasteiger partial charge in [0.2, 0.25) is 0 Å². The first-order chi connectivity index (χ1) is 11.6. The number of H-pyrrole nitrogens is 1. The maximum atomic E-state index is 12.0. The third kappa shape index (κ3) is 2.98. The van der Waals surface area contributed by atoms with Crippen molar-refractivity contribution in [3.8, 4) is 11.4 Å². The molecule has 0 saturated carbocycles. The summed E-state index contributed by atoms with van der Waals surface area (Å²) in [5.74, 6) is 0.391. The summed E-state index contributed by atoms with van der Waals surface area (Å²) in [7, 11) is 0. The van der Waals surface area contributed by atoms with Gasteiger partial charge in [0.05, 0.1) is 10.6 Å². The highest BCUT2D eigenvalue weighted by molar-refractivity contribution is 5.98. The van der Waals surface area contributed by atoms with Crippen molar-refractivity contribution in [2.75, 3.05) is 0 Å². The van der Waals surface area contributed by atoms with E-state index >= 15 is 0 Å². The van der Waals surface area contributed by atoms with Crippen LogP contribution in [0.25, 0.3) is 11.4 Å². The molecule has 8 heteroatoms. The van der Waals surface area contributed by atoms with Crippen molar-refractivity contribution in [1.82, 2.24) is 14.9 Å². The van der Waals surface area contributed by atoms with Crippen molar-refractivity contribution < 1.29 is 4.92 Å². The van der Waals surface area contributed by atoms with E-state index < -0.39 is 10.6 Å². The van der Waals surface area contributed by atoms with E-state index in [1.54, 1.807) is 19.1 Å². The largest absolute Gasteiger partial charge is 0.364 e. The number of aromatic nitrogens is 3. The van der Waals surface area contributed by atoms with E-state index in [1.165, 1.54) is 16.8 Å². The zero-order chi connectivity index (χ0) is 17.1. The Hall–Kier alpha value is -3.55. The molecule has 0 saturated heterocycles. The smallest absolute Gasteiger partial charge is 0.258 e. The number of nitrogens with zero attached hydrogens (tertiary/aromatic N) is 4. The van der Waals surface area contributed by atoms with E-state index in [4.69, 9.17) is 0 Å². The Morgan fingerprint density at radius 2 is 1.83 bits per heavy atom. The molecule has 0 amide bonds. The van der Waals surface area contributed by atoms with E-state index in [0.717, 1.165) is 5.56 Å². The van der Waals surface area contributed by atoms with Gasteiger partial charge < -0.3 is 0 Å². The monoisotopic (exact) mass is 323 g/mol. The van der Waals surface area contributed by atoms with Gasteiger partial charge in [-0.3, -0.25) is 10.1 Å². The Morgan fingerprint density at radius 3 is 2.46 bits per heavy atom. The summed E-state index contributed by atoms with van der Waals surface area (Å²) < 4.78 is 1.17. The second-order valence-electron chi connectivity index (χ2n) is 5.02. The molecule has 2 aromatic carbocycles. The van der Waals surface area contributed by atoms with Crippen LogP contribution >= 0.6 is 0 Å². The van der Waals surface area contributed by atoms with Crippen LogP contribution in [0.1, 0.15) is 12.5 Å². The van der Waals surface area contributed by atoms with Crippen LogP contribution in [0.4, 0.5) is 5.69 Å². The summed E-state index contributed by atoms with van der Waals surface area (Å²) in [4.78, 5) is 22.2. The number of aromatic amines is 1. The van der Waals surface area contributed by atoms with Crippen molar-refractivity contribution in [3.63, 3.8) is 0 Å². The highest BCUT2D eigenvalue weighted by Gasteiger charge is 2.11. The number of nitro groups is 1. The normalized spacial score (nSPS) is 11.5. The molecule has 0 aliphatic rings. The first-order valence-corrected chi connectivity index (χ1v) is 7.09. The number of hydrogen-bond donors (Lipinski definition) is 1. The topological polar surface area (TPSA) is 106 Å². The van der Waals surface area contributed by atoms with Crippen LogP contribution in [-0.4, -0.2) is 25.5 Å². The van der Waals surface area contributed by atoms with Crippen molar-refractivity contribution in [2.45, 2.75) is 6.92 Å². The maximum absolute atomic E-state index is 12.0. The van der Waals surface area contributed by atoms with Crippen LogP contribution in [0.15, 0.2) is 64.5 Å². The number of non-ortho nitro benzene ring substituents is 1. The van der Waals surface area contributed by atoms with Crippen molar-refractivity contribution in [1.29, 1.82) is 0 Å². The fourth-order valence-corrected chi connectivity index (χ4v) is 2.19. The molecule has 3 aromatic rings. The van der Waals surface area contributed by atoms with E-state index in [1.807, 2.05) is 30.3 Å². The van der Waals surface area contributed by atoms with Gasteiger partial charge in [-0.2, -0.15) is 14.9 Å². The third-order valence-electron chi connectivity index (χ3n) is 3.43. The number of benzene rings is 2. The van der Waals surface area contributed by atoms with Gasteiger partial charge in [-0.1, -0.05) is 30.3 Å². The highest BCUT2D eigenvalue weighted by Crippen LogP contribution is 2.16. The molecule has 0 radical (unpaired) electrons. The molecule has 0 spiro atoms. The van der Waals surface area contributed by atoms with Crippen LogP contribution in [0.2, 0.25) is 0 Å². The second kappa shape index (κ2) is 6.29. The van der Waals surface area contributed by atoms with Crippen LogP contribution < -0.4 is 5.69 Å². The van der Waals surface area contributed by atoms with Crippen molar-refractivity contribution >= 4 is 11.4 Å². The number of rotatable bonds is 4. The standard InChI is InChI=1S/C16H13N5O3/c1-11(12-7-9-14(10-8-12)21(23)24)19-20-15(17-18-16(20)22)13-5-3-2-4-6-13/h2-10H,1H3,(H,18,22)/b19-11+. The molecule has 0 unspecified atom stereocenters. The number of nitro benzene ring substituents is 1. The number of nitrogens with one attached hydrogen (secondary N) is 1. The Morgan fingerprint density at radius 1 is 1.17 bits per heavy atom. The first kappa shape index (κ1) is 15.3. The molecule has 0 aliphatic carbocycles. The van der Waals surface area contributed by atoms with E-state index in [0.29, 0.717) is 17.1 Å². The predicted octanol–water partition coefficient (Wildman–Crippen LogP) is 2.42. The molecular weight excluding hydrogens is 310 g/mol. The maximum Gasteiger partial charge on any atom is 0.364 e. The van der Waals surface area contributed by atoms with Crippen molar-refractivity contribution in [3.05, 3.63) is 80.8 Å². The molecule has 0 atom stereocenters. The minimum atomic E-state index is -0.468. The summed E-state index contributed by atoms with van der Waals surface area (Å²) >= 11 is 0. The fraction of sp³-hybridized carbons (Fsp3) is 0.0625. The molecule has 0 aliphatic heterocycles. The lowest BCUT2D eigenvalue weighted by atomic mass is 10.1. The van der Waals surface area contributed by atoms with Crippen LogP contribution in [0.5, 0.6) is 0 Å². The summed E-state index contributed by atoms with van der Waals surface area (Å²) in [5, 5.41) is 21.4. The summed E-state index contributed by atoms with van der Waals surface area (Å²) in [6.45, 7) is 1.72. The molecule has 1 N–H and O–H groups in total. The van der Waals surface area contributed by atoms with Gasteiger partial charge in [0.15, 0.2) is 5.82 Å². The molecule has 0 bridgehead atoms. The summed E-state index contributed by atoms with van der Waals surface area (Å²) in [5.41, 5.74) is 1.49. The van der Waals surface area contributed by atoms with E-state index in [2.05, 4.69) is 15.3 Å². The highest BCUT2D eigenvalue weighted by atomic mass is 16.6. The van der Waals surface area contributed by atoms with Crippen LogP contribution in [-0.2, 0) is 0 Å². The lowest BCUT2D eigenvalue weighted by molar-refractivity contribution is -0.384. The molecule has 1 aromatic heterocycles.